The SMILES string of the molecule is COC(=O)NNC(=O)c1cc(I)cc(C)c1NC(=O)c1cc(Cn2nnc(C(F)(F)C(F)(F)C(F)(F)F)n2)nn1-c1ncccc1Cl. The maximum atomic E-state index is 14.1. The standard InChI is InChI=1S/C24H17ClF7IN10O4/c1-10-6-11(33)7-13(18(44)36-38-21(46)47-2)16(10)35-19(45)15-8-12(39-43(15)17-14(25)4-3-5-34-17)9-42-40-20(37-41-42)22(26,27)23(28,29)24(30,31)32/h3-8H,9H2,1-2H3,(H,35,45)(H,36,44)(H,38,46). The number of pyridine rings is 1. The zero-order valence-corrected chi connectivity index (χ0v) is 26.2. The molecule has 14 nitrogen and oxygen atoms in total. The van der Waals surface area contributed by atoms with E-state index in [-0.39, 0.29) is 38.3 Å². The molecule has 0 fully saturated rings. The topological polar surface area (TPSA) is 171 Å². The number of benzene rings is 1. The summed E-state index contributed by atoms with van der Waals surface area (Å²) in [6.45, 7) is 0.806. The number of ether oxygens (including phenoxy) is 1. The summed E-state index contributed by atoms with van der Waals surface area (Å²) in [6, 6.07) is 6.91. The van der Waals surface area contributed by atoms with E-state index in [9.17, 15) is 45.1 Å². The molecule has 0 aliphatic carbocycles. The fourth-order valence-electron chi connectivity index (χ4n) is 3.75. The van der Waals surface area contributed by atoms with Crippen LogP contribution in [0.5, 0.6) is 0 Å². The molecule has 1 aromatic carbocycles. The molecule has 250 valence electrons. The van der Waals surface area contributed by atoms with Gasteiger partial charge in [-0.3, -0.25) is 15.0 Å². The number of nitrogens with zero attached hydrogens (tertiary/aromatic N) is 7. The van der Waals surface area contributed by atoms with Crippen molar-refractivity contribution in [1.29, 1.82) is 0 Å². The van der Waals surface area contributed by atoms with E-state index in [1.54, 1.807) is 13.0 Å². The number of amides is 3. The minimum absolute atomic E-state index is 0.0172. The maximum absolute atomic E-state index is 14.1. The van der Waals surface area contributed by atoms with Gasteiger partial charge in [-0.15, -0.1) is 10.2 Å². The third-order valence-electron chi connectivity index (χ3n) is 5.97. The van der Waals surface area contributed by atoms with E-state index in [1.165, 1.54) is 24.4 Å². The van der Waals surface area contributed by atoms with Crippen LogP contribution >= 0.6 is 34.2 Å². The Morgan fingerprint density at radius 1 is 1.02 bits per heavy atom. The molecule has 3 amide bonds. The number of methoxy groups -OCH3 is 1. The van der Waals surface area contributed by atoms with Crippen molar-refractivity contribution < 1.29 is 49.9 Å². The molecule has 4 rings (SSSR count). The van der Waals surface area contributed by atoms with Crippen LogP contribution in [0.1, 0.15) is 37.9 Å². The molecule has 3 heterocycles. The minimum Gasteiger partial charge on any atom is -0.452 e. The number of aryl methyl sites for hydroxylation is 1. The van der Waals surface area contributed by atoms with Crippen molar-refractivity contribution in [1.82, 2.24) is 45.8 Å². The number of aromatic nitrogens is 7. The normalized spacial score (nSPS) is 12.1. The van der Waals surface area contributed by atoms with E-state index in [0.29, 0.717) is 9.13 Å². The number of hydrogen-bond acceptors (Lipinski definition) is 9. The lowest BCUT2D eigenvalue weighted by molar-refractivity contribution is -0.361. The second-order valence-corrected chi connectivity index (χ2v) is 10.9. The van der Waals surface area contributed by atoms with Gasteiger partial charge in [-0.2, -0.15) is 40.6 Å². The van der Waals surface area contributed by atoms with Crippen LogP contribution in [-0.4, -0.2) is 72.1 Å². The average molecular weight is 805 g/mol. The number of carbonyl (C=O) groups is 3. The van der Waals surface area contributed by atoms with Crippen LogP contribution in [0.4, 0.5) is 41.2 Å². The van der Waals surface area contributed by atoms with Crippen LogP contribution in [0.2, 0.25) is 5.02 Å². The molecular formula is C24H17ClF7IN10O4. The summed E-state index contributed by atoms with van der Waals surface area (Å²) in [5.41, 5.74) is 3.85. The molecule has 0 aliphatic heterocycles. The molecule has 0 saturated carbocycles. The molecule has 3 aromatic heterocycles. The Kier molecular flexibility index (Phi) is 9.94. The van der Waals surface area contributed by atoms with Crippen molar-refractivity contribution in [3.05, 3.63) is 73.5 Å². The summed E-state index contributed by atoms with van der Waals surface area (Å²) in [5, 5.41) is 15.4. The Bertz CT molecular complexity index is 1850. The summed E-state index contributed by atoms with van der Waals surface area (Å²) in [4.78, 5) is 42.3. The summed E-state index contributed by atoms with van der Waals surface area (Å²) in [6.07, 6.45) is -6.32. The van der Waals surface area contributed by atoms with Gasteiger partial charge in [-0.1, -0.05) is 11.6 Å². The fraction of sp³-hybridized carbons (Fsp3) is 0.250. The predicted octanol–water partition coefficient (Wildman–Crippen LogP) is 4.41. The lowest BCUT2D eigenvalue weighted by Gasteiger charge is -2.25. The Hall–Kier alpha value is -4.61. The smallest absolute Gasteiger partial charge is 0.452 e. The molecule has 0 bridgehead atoms. The zero-order valence-electron chi connectivity index (χ0n) is 23.3. The van der Waals surface area contributed by atoms with Crippen LogP contribution in [0.3, 0.4) is 0 Å². The van der Waals surface area contributed by atoms with Gasteiger partial charge in [-0.05, 0) is 70.6 Å². The van der Waals surface area contributed by atoms with Crippen molar-refractivity contribution >= 4 is 57.8 Å². The zero-order chi connectivity index (χ0) is 34.9. The van der Waals surface area contributed by atoms with Gasteiger partial charge >= 0.3 is 24.1 Å². The first-order valence-electron chi connectivity index (χ1n) is 12.4. The molecule has 3 N–H and O–H groups in total. The first-order valence-corrected chi connectivity index (χ1v) is 13.9. The minimum atomic E-state index is -6.63. The number of halogens is 9. The highest BCUT2D eigenvalue weighted by molar-refractivity contribution is 14.1. The molecule has 0 radical (unpaired) electrons. The summed E-state index contributed by atoms with van der Waals surface area (Å²) in [7, 11) is 1.06. The molecular weight excluding hydrogens is 788 g/mol. The third kappa shape index (κ3) is 7.21. The molecule has 23 heteroatoms. The van der Waals surface area contributed by atoms with Crippen LogP contribution < -0.4 is 16.2 Å². The Balaban J connectivity index is 1.71. The van der Waals surface area contributed by atoms with Crippen LogP contribution in [0, 0.1) is 10.5 Å². The number of alkyl halides is 7. The number of rotatable bonds is 8. The molecule has 0 unspecified atom stereocenters. The van der Waals surface area contributed by atoms with E-state index in [0.717, 1.165) is 17.9 Å². The molecule has 0 spiro atoms. The molecule has 47 heavy (non-hydrogen) atoms. The largest absolute Gasteiger partial charge is 0.460 e. The Labute approximate surface area is 276 Å². The third-order valence-corrected chi connectivity index (χ3v) is 6.88. The number of tetrazole rings is 1. The second-order valence-electron chi connectivity index (χ2n) is 9.20. The van der Waals surface area contributed by atoms with E-state index >= 15 is 0 Å². The van der Waals surface area contributed by atoms with Gasteiger partial charge in [0.2, 0.25) is 0 Å². The number of nitrogens with one attached hydrogen (secondary N) is 3. The summed E-state index contributed by atoms with van der Waals surface area (Å²) in [5.74, 6) is -16.5. The predicted molar refractivity (Wildman–Crippen MR) is 153 cm³/mol. The first kappa shape index (κ1) is 35.2. The second kappa shape index (κ2) is 13.2. The van der Waals surface area contributed by atoms with Crippen molar-refractivity contribution in [2.45, 2.75) is 31.5 Å². The van der Waals surface area contributed by atoms with Crippen LogP contribution in [0.15, 0.2) is 36.5 Å². The average Bonchev–Trinajstić information content (AvgIpc) is 3.64. The summed E-state index contributed by atoms with van der Waals surface area (Å²) >= 11 is 8.16. The monoisotopic (exact) mass is 804 g/mol. The van der Waals surface area contributed by atoms with Gasteiger partial charge in [0.05, 0.1) is 29.1 Å². The van der Waals surface area contributed by atoms with Gasteiger partial charge < -0.3 is 10.1 Å². The Morgan fingerprint density at radius 3 is 2.36 bits per heavy atom. The van der Waals surface area contributed by atoms with Crippen LogP contribution in [-0.2, 0) is 17.2 Å². The van der Waals surface area contributed by atoms with Gasteiger partial charge in [0, 0.05) is 9.77 Å². The van der Waals surface area contributed by atoms with Gasteiger partial charge in [0.25, 0.3) is 17.6 Å². The Morgan fingerprint density at radius 2 is 1.72 bits per heavy atom. The number of hydrazine groups is 1. The van der Waals surface area contributed by atoms with Gasteiger partial charge in [0.1, 0.15) is 12.2 Å². The van der Waals surface area contributed by atoms with Crippen molar-refractivity contribution in [2.24, 2.45) is 0 Å². The van der Waals surface area contributed by atoms with E-state index in [2.05, 4.69) is 41.0 Å². The fourth-order valence-corrected chi connectivity index (χ4v) is 4.73. The number of carbonyl (C=O) groups excluding carboxylic acids is 3. The molecule has 4 aromatic rings. The van der Waals surface area contributed by atoms with E-state index < -0.39 is 48.3 Å². The highest BCUT2D eigenvalue weighted by Gasteiger charge is 2.75. The quantitative estimate of drug-likeness (QED) is 0.133. The number of anilines is 1. The van der Waals surface area contributed by atoms with Crippen LogP contribution in [0.25, 0.3) is 5.82 Å². The van der Waals surface area contributed by atoms with Crippen molar-refractivity contribution in [3.8, 4) is 5.82 Å². The highest BCUT2D eigenvalue weighted by atomic mass is 127. The van der Waals surface area contributed by atoms with E-state index in [4.69, 9.17) is 11.6 Å². The van der Waals surface area contributed by atoms with Crippen molar-refractivity contribution in [3.63, 3.8) is 0 Å². The lowest BCUT2D eigenvalue weighted by Crippen LogP contribution is -2.50. The van der Waals surface area contributed by atoms with Gasteiger partial charge in [0.15, 0.2) is 5.82 Å². The number of hydrogen-bond donors (Lipinski definition) is 3. The highest BCUT2D eigenvalue weighted by Crippen LogP contribution is 2.50. The van der Waals surface area contributed by atoms with Gasteiger partial charge in [-0.25, -0.2) is 19.9 Å². The molecule has 0 aliphatic rings. The molecule has 0 saturated heterocycles. The molecule has 0 atom stereocenters. The summed E-state index contributed by atoms with van der Waals surface area (Å²) < 4.78 is 98.9. The van der Waals surface area contributed by atoms with E-state index in [1.807, 2.05) is 28.0 Å². The lowest BCUT2D eigenvalue weighted by atomic mass is 10.1. The van der Waals surface area contributed by atoms with Crippen molar-refractivity contribution in [2.75, 3.05) is 12.4 Å². The first-order chi connectivity index (χ1) is 21.9. The maximum Gasteiger partial charge on any atom is 0.460 e.